The maximum atomic E-state index is 9.05. The second-order valence-electron chi connectivity index (χ2n) is 0.448. The van der Waals surface area contributed by atoms with Gasteiger partial charge in [-0.2, -0.15) is 8.42 Å². The van der Waals surface area contributed by atoms with Crippen molar-refractivity contribution >= 4 is 50.4 Å². The monoisotopic (exact) mass is 168 g/mol. The van der Waals surface area contributed by atoms with E-state index in [4.69, 9.17) is 13.0 Å². The Labute approximate surface area is 76.7 Å². The molecule has 48 valence electrons. The SMILES string of the molecule is CC.O=S(=O)(O)S.[NaH]. The van der Waals surface area contributed by atoms with Crippen molar-refractivity contribution in [2.24, 2.45) is 0 Å². The Morgan fingerprint density at radius 1 is 1.38 bits per heavy atom. The first kappa shape index (κ1) is 16.1. The molecule has 3 nitrogen and oxygen atoms in total. The molecular formula is C2H9NaO3S2. The Kier molecular flexibility index (Phi) is 16.6. The molecule has 0 aromatic rings. The molecule has 0 heterocycles. The topological polar surface area (TPSA) is 54.4 Å². The average molecular weight is 168 g/mol. The summed E-state index contributed by atoms with van der Waals surface area (Å²) in [7, 11) is -3.97. The van der Waals surface area contributed by atoms with E-state index in [2.05, 4.69) is 11.7 Å². The fourth-order valence-electron chi connectivity index (χ4n) is 0. The number of thiol groups is 1. The van der Waals surface area contributed by atoms with E-state index >= 15 is 0 Å². The molecule has 0 aliphatic rings. The Morgan fingerprint density at radius 3 is 1.38 bits per heavy atom. The zero-order valence-corrected chi connectivity index (χ0v) is 5.83. The first-order valence-corrected chi connectivity index (χ1v) is 4.19. The zero-order chi connectivity index (χ0) is 6.50. The van der Waals surface area contributed by atoms with Crippen LogP contribution < -0.4 is 0 Å². The third-order valence-electron chi connectivity index (χ3n) is 0. The van der Waals surface area contributed by atoms with Crippen LogP contribution in [0, 0.1) is 0 Å². The van der Waals surface area contributed by atoms with Gasteiger partial charge in [-0.05, 0) is 11.7 Å². The summed E-state index contributed by atoms with van der Waals surface area (Å²) >= 11 is 2.65. The van der Waals surface area contributed by atoms with Crippen LogP contribution in [0.25, 0.3) is 0 Å². The Bertz CT molecular complexity index is 98.5. The van der Waals surface area contributed by atoms with Crippen molar-refractivity contribution in [2.45, 2.75) is 13.8 Å². The molecular weight excluding hydrogens is 159 g/mol. The first-order valence-electron chi connectivity index (χ1n) is 1.70. The quantitative estimate of drug-likeness (QED) is 0.233. The molecule has 0 aliphatic heterocycles. The van der Waals surface area contributed by atoms with Gasteiger partial charge in [0, 0.05) is 0 Å². The summed E-state index contributed by atoms with van der Waals surface area (Å²) < 4.78 is 25.5. The molecule has 0 saturated carbocycles. The van der Waals surface area contributed by atoms with Crippen molar-refractivity contribution in [1.82, 2.24) is 0 Å². The third-order valence-corrected chi connectivity index (χ3v) is 0. The summed E-state index contributed by atoms with van der Waals surface area (Å²) in [5.41, 5.74) is 0. The van der Waals surface area contributed by atoms with Crippen molar-refractivity contribution in [2.75, 3.05) is 0 Å². The van der Waals surface area contributed by atoms with E-state index in [9.17, 15) is 0 Å². The number of hydrogen-bond donors (Lipinski definition) is 2. The number of rotatable bonds is 0. The molecule has 0 fully saturated rings. The summed E-state index contributed by atoms with van der Waals surface area (Å²) in [5.74, 6) is 0. The van der Waals surface area contributed by atoms with Gasteiger partial charge in [0.2, 0.25) is 0 Å². The molecule has 0 radical (unpaired) electrons. The third kappa shape index (κ3) is 179. The van der Waals surface area contributed by atoms with Gasteiger partial charge in [0.1, 0.15) is 0 Å². The van der Waals surface area contributed by atoms with Crippen molar-refractivity contribution in [1.29, 1.82) is 0 Å². The molecule has 0 bridgehead atoms. The summed E-state index contributed by atoms with van der Waals surface area (Å²) in [6.45, 7) is 4.00. The first-order chi connectivity index (χ1) is 3.00. The molecule has 0 saturated heterocycles. The molecule has 0 aliphatic carbocycles. The van der Waals surface area contributed by atoms with E-state index in [-0.39, 0.29) is 29.6 Å². The predicted octanol–water partition coefficient (Wildman–Crippen LogP) is 0.0967. The molecule has 0 aromatic carbocycles. The summed E-state index contributed by atoms with van der Waals surface area (Å²) in [4.78, 5) is 0. The zero-order valence-electron chi connectivity index (χ0n) is 4.12. The minimum atomic E-state index is -3.97. The Morgan fingerprint density at radius 2 is 1.38 bits per heavy atom. The van der Waals surface area contributed by atoms with Crippen molar-refractivity contribution < 1.29 is 13.0 Å². The predicted molar refractivity (Wildman–Crippen MR) is 39.0 cm³/mol. The molecule has 6 heteroatoms. The summed E-state index contributed by atoms with van der Waals surface area (Å²) in [6, 6.07) is 0. The van der Waals surface area contributed by atoms with Crippen LogP contribution in [-0.4, -0.2) is 42.5 Å². The van der Waals surface area contributed by atoms with E-state index in [0.29, 0.717) is 0 Å². The van der Waals surface area contributed by atoms with Crippen molar-refractivity contribution in [3.8, 4) is 0 Å². The molecule has 0 aromatic heterocycles. The summed E-state index contributed by atoms with van der Waals surface area (Å²) in [6.07, 6.45) is 0. The second kappa shape index (κ2) is 8.26. The normalized spacial score (nSPS) is 8.00. The van der Waals surface area contributed by atoms with Crippen LogP contribution in [0.5, 0.6) is 0 Å². The molecule has 1 N–H and O–H groups in total. The van der Waals surface area contributed by atoms with Gasteiger partial charge in [0.05, 0.1) is 0 Å². The van der Waals surface area contributed by atoms with Gasteiger partial charge in [-0.1, -0.05) is 13.8 Å². The van der Waals surface area contributed by atoms with Crippen LogP contribution in [0.3, 0.4) is 0 Å². The van der Waals surface area contributed by atoms with Gasteiger partial charge in [0.25, 0.3) is 0 Å². The maximum absolute atomic E-state index is 9.05. The van der Waals surface area contributed by atoms with E-state index in [1.54, 1.807) is 0 Å². The average Bonchev–Trinajstić information content (AvgIpc) is 1.36. The van der Waals surface area contributed by atoms with Gasteiger partial charge < -0.3 is 0 Å². The molecule has 0 spiro atoms. The Balaban J connectivity index is -0.0000000750. The van der Waals surface area contributed by atoms with Crippen molar-refractivity contribution in [3.63, 3.8) is 0 Å². The molecule has 0 atom stereocenters. The van der Waals surface area contributed by atoms with Crippen LogP contribution in [0.4, 0.5) is 0 Å². The van der Waals surface area contributed by atoms with Crippen LogP contribution in [0.2, 0.25) is 0 Å². The second-order valence-corrected chi connectivity index (χ2v) is 2.73. The summed E-state index contributed by atoms with van der Waals surface area (Å²) in [5, 5.41) is 0. The Hall–Kier alpha value is 1.26. The molecule has 0 rings (SSSR count). The van der Waals surface area contributed by atoms with Crippen LogP contribution in [0.15, 0.2) is 0 Å². The fourth-order valence-corrected chi connectivity index (χ4v) is 0. The molecule has 8 heavy (non-hydrogen) atoms. The van der Waals surface area contributed by atoms with Gasteiger partial charge >= 0.3 is 38.7 Å². The van der Waals surface area contributed by atoms with Crippen LogP contribution >= 0.6 is 11.7 Å². The standard InChI is InChI=1S/C2H6.Na.H2O3S2.H/c1-2;;1-5(2,3)4;/h1-2H3;;(H2,1,2,3,4);. The number of hydrogen-bond acceptors (Lipinski definition) is 2. The molecule has 0 amide bonds. The van der Waals surface area contributed by atoms with Gasteiger partial charge in [0.15, 0.2) is 0 Å². The van der Waals surface area contributed by atoms with E-state index < -0.39 is 9.15 Å². The van der Waals surface area contributed by atoms with Gasteiger partial charge in [-0.3, -0.25) is 4.55 Å². The molecule has 0 unspecified atom stereocenters. The van der Waals surface area contributed by atoms with Crippen molar-refractivity contribution in [3.05, 3.63) is 0 Å². The van der Waals surface area contributed by atoms with Crippen LogP contribution in [-0.2, 0) is 9.15 Å². The van der Waals surface area contributed by atoms with E-state index in [1.807, 2.05) is 13.8 Å². The van der Waals surface area contributed by atoms with Gasteiger partial charge in [-0.15, -0.1) is 0 Å². The van der Waals surface area contributed by atoms with Gasteiger partial charge in [-0.25, -0.2) is 0 Å². The van der Waals surface area contributed by atoms with E-state index in [0.717, 1.165) is 0 Å². The van der Waals surface area contributed by atoms with Crippen LogP contribution in [0.1, 0.15) is 13.8 Å². The van der Waals surface area contributed by atoms with E-state index in [1.165, 1.54) is 0 Å². The minimum absolute atomic E-state index is 0. The fraction of sp³-hybridized carbons (Fsp3) is 1.00.